The summed E-state index contributed by atoms with van der Waals surface area (Å²) in [6.07, 6.45) is 8.63. The number of nitrogens with zero attached hydrogens (tertiary/aromatic N) is 4. The standard InChI is InChI=1S/C31H42BFN4O4/c1-26(2,3)24-35-23(36-41-24)29-10-7-28(8-11-29,9-12-29)18-37(25(38)30-15-31(33,16-30)17-30)22-14-21(6-13-34-22)32-39-19-27(4,5)20-40-32/h6,13-14H,7-12,15-20H2,1-5H3. The molecule has 8 nitrogen and oxygen atoms in total. The molecule has 41 heavy (non-hydrogen) atoms. The smallest absolute Gasteiger partial charge is 0.407 e. The quantitative estimate of drug-likeness (QED) is 0.454. The van der Waals surface area contributed by atoms with Crippen LogP contribution < -0.4 is 10.4 Å². The Morgan fingerprint density at radius 3 is 2.24 bits per heavy atom. The van der Waals surface area contributed by atoms with Gasteiger partial charge in [0.2, 0.25) is 11.8 Å². The Labute approximate surface area is 242 Å². The summed E-state index contributed by atoms with van der Waals surface area (Å²) in [6, 6.07) is 3.84. The number of amides is 1. The number of hydrogen-bond acceptors (Lipinski definition) is 7. The number of alkyl halides is 1. The molecule has 220 valence electrons. The lowest BCUT2D eigenvalue weighted by Crippen LogP contribution is -2.71. The second kappa shape index (κ2) is 8.85. The van der Waals surface area contributed by atoms with Gasteiger partial charge >= 0.3 is 7.12 Å². The molecule has 2 aromatic heterocycles. The summed E-state index contributed by atoms with van der Waals surface area (Å²) in [5.41, 5.74) is -1.14. The fourth-order valence-electron chi connectivity index (χ4n) is 7.96. The summed E-state index contributed by atoms with van der Waals surface area (Å²) in [4.78, 5) is 25.6. The molecule has 2 aromatic rings. The molecule has 0 unspecified atom stereocenters. The summed E-state index contributed by atoms with van der Waals surface area (Å²) < 4.78 is 32.3. The number of rotatable bonds is 6. The Morgan fingerprint density at radius 1 is 1.05 bits per heavy atom. The van der Waals surface area contributed by atoms with Gasteiger partial charge in [-0.2, -0.15) is 4.98 Å². The number of pyridine rings is 1. The van der Waals surface area contributed by atoms with E-state index in [1.54, 1.807) is 6.20 Å². The van der Waals surface area contributed by atoms with Crippen LogP contribution in [0.25, 0.3) is 0 Å². The van der Waals surface area contributed by atoms with E-state index >= 15 is 0 Å². The first-order chi connectivity index (χ1) is 19.2. The van der Waals surface area contributed by atoms with E-state index in [0.29, 0.717) is 50.7 Å². The third-order valence-electron chi connectivity index (χ3n) is 10.7. The average Bonchev–Trinajstić information content (AvgIpc) is 3.43. The van der Waals surface area contributed by atoms with Crippen molar-refractivity contribution >= 4 is 24.3 Å². The van der Waals surface area contributed by atoms with Gasteiger partial charge in [-0.15, -0.1) is 0 Å². The lowest BCUT2D eigenvalue weighted by Gasteiger charge is -2.65. The Balaban J connectivity index is 1.13. The Bertz CT molecular complexity index is 1320. The molecule has 4 bridgehead atoms. The van der Waals surface area contributed by atoms with Crippen molar-refractivity contribution < 1.29 is 23.0 Å². The highest BCUT2D eigenvalue weighted by Crippen LogP contribution is 2.70. The molecule has 1 amide bonds. The molecule has 6 saturated carbocycles. The number of carbonyl (C=O) groups excluding carboxylic acids is 1. The van der Waals surface area contributed by atoms with Crippen molar-refractivity contribution in [1.82, 2.24) is 15.1 Å². The van der Waals surface area contributed by atoms with Crippen LogP contribution >= 0.6 is 0 Å². The van der Waals surface area contributed by atoms with Crippen molar-refractivity contribution in [2.75, 3.05) is 24.7 Å². The van der Waals surface area contributed by atoms with Crippen molar-refractivity contribution in [1.29, 1.82) is 0 Å². The van der Waals surface area contributed by atoms with E-state index in [1.165, 1.54) is 0 Å². The van der Waals surface area contributed by atoms with Gasteiger partial charge in [-0.05, 0) is 80.8 Å². The highest BCUT2D eigenvalue weighted by Gasteiger charge is 2.73. The maximum Gasteiger partial charge on any atom is 0.494 e. The largest absolute Gasteiger partial charge is 0.494 e. The summed E-state index contributed by atoms with van der Waals surface area (Å²) in [6.45, 7) is 12.3. The van der Waals surface area contributed by atoms with Gasteiger partial charge < -0.3 is 13.8 Å². The molecule has 9 rings (SSSR count). The van der Waals surface area contributed by atoms with E-state index in [2.05, 4.69) is 44.8 Å². The number of aromatic nitrogens is 3. The van der Waals surface area contributed by atoms with E-state index in [-0.39, 0.29) is 27.6 Å². The summed E-state index contributed by atoms with van der Waals surface area (Å²) in [5, 5.41) is 4.44. The molecule has 1 saturated heterocycles. The molecule has 3 heterocycles. The second-order valence-electron chi connectivity index (χ2n) is 15.9. The van der Waals surface area contributed by atoms with Crippen LogP contribution in [-0.2, 0) is 24.9 Å². The molecule has 7 aliphatic rings. The van der Waals surface area contributed by atoms with Crippen LogP contribution in [0, 0.1) is 16.2 Å². The molecular formula is C31H42BFN4O4. The van der Waals surface area contributed by atoms with E-state index in [0.717, 1.165) is 49.8 Å². The number of fused-ring (bicyclic) bond motifs is 3. The number of anilines is 1. The summed E-state index contributed by atoms with van der Waals surface area (Å²) in [5.74, 6) is 2.17. The van der Waals surface area contributed by atoms with Crippen molar-refractivity contribution in [3.8, 4) is 0 Å². The van der Waals surface area contributed by atoms with Crippen LogP contribution in [0.1, 0.15) is 104 Å². The van der Waals surface area contributed by atoms with Gasteiger partial charge in [0.05, 0.1) is 5.41 Å². The first-order valence-corrected chi connectivity index (χ1v) is 15.3. The highest BCUT2D eigenvalue weighted by atomic mass is 19.1. The molecule has 6 aliphatic carbocycles. The van der Waals surface area contributed by atoms with Crippen LogP contribution in [0.2, 0.25) is 0 Å². The van der Waals surface area contributed by atoms with Crippen LogP contribution in [0.5, 0.6) is 0 Å². The molecule has 0 aromatic carbocycles. The van der Waals surface area contributed by atoms with E-state index in [1.807, 2.05) is 17.0 Å². The maximum absolute atomic E-state index is 14.6. The molecule has 0 spiro atoms. The van der Waals surface area contributed by atoms with Crippen molar-refractivity contribution in [2.45, 2.75) is 109 Å². The minimum absolute atomic E-state index is 0.00944. The van der Waals surface area contributed by atoms with E-state index in [4.69, 9.17) is 18.8 Å². The first kappa shape index (κ1) is 27.5. The van der Waals surface area contributed by atoms with Crippen LogP contribution in [0.3, 0.4) is 0 Å². The third-order valence-corrected chi connectivity index (χ3v) is 10.7. The molecule has 10 heteroatoms. The predicted octanol–water partition coefficient (Wildman–Crippen LogP) is 5.05. The molecular weight excluding hydrogens is 522 g/mol. The van der Waals surface area contributed by atoms with Crippen molar-refractivity contribution in [3.63, 3.8) is 0 Å². The molecule has 0 atom stereocenters. The highest BCUT2D eigenvalue weighted by molar-refractivity contribution is 6.61. The van der Waals surface area contributed by atoms with Crippen molar-refractivity contribution in [2.24, 2.45) is 16.2 Å². The van der Waals surface area contributed by atoms with Gasteiger partial charge in [0.15, 0.2) is 5.82 Å². The zero-order chi connectivity index (χ0) is 28.9. The normalized spacial score (nSPS) is 35.5. The van der Waals surface area contributed by atoms with Gasteiger partial charge in [-0.25, -0.2) is 9.37 Å². The molecule has 1 aliphatic heterocycles. The van der Waals surface area contributed by atoms with E-state index < -0.39 is 18.2 Å². The lowest BCUT2D eigenvalue weighted by molar-refractivity contribution is -0.211. The fraction of sp³-hybridized carbons (Fsp3) is 0.742. The van der Waals surface area contributed by atoms with Crippen molar-refractivity contribution in [3.05, 3.63) is 30.0 Å². The Kier molecular flexibility index (Phi) is 5.94. The third kappa shape index (κ3) is 4.55. The minimum Gasteiger partial charge on any atom is -0.407 e. The lowest BCUT2D eigenvalue weighted by atomic mass is 9.41. The predicted molar refractivity (Wildman–Crippen MR) is 153 cm³/mol. The zero-order valence-electron chi connectivity index (χ0n) is 25.1. The molecule has 0 N–H and O–H groups in total. The number of hydrogen-bond donors (Lipinski definition) is 0. The zero-order valence-corrected chi connectivity index (χ0v) is 25.1. The van der Waals surface area contributed by atoms with E-state index in [9.17, 15) is 9.18 Å². The first-order valence-electron chi connectivity index (χ1n) is 15.3. The van der Waals surface area contributed by atoms with Gasteiger partial charge in [0.1, 0.15) is 11.5 Å². The SMILES string of the molecule is CC1(C)COB(c2ccnc(N(CC34CCC(c5noc(C(C)(C)C)n5)(CC3)CC4)C(=O)C34CC(F)(C3)C4)c2)OC1. The van der Waals surface area contributed by atoms with Crippen LogP contribution in [0.15, 0.2) is 22.9 Å². The van der Waals surface area contributed by atoms with Gasteiger partial charge in [-0.1, -0.05) is 39.8 Å². The average molecular weight is 565 g/mol. The fourth-order valence-corrected chi connectivity index (χ4v) is 7.96. The summed E-state index contributed by atoms with van der Waals surface area (Å²) in [7, 11) is -0.484. The molecule has 7 fully saturated rings. The van der Waals surface area contributed by atoms with Gasteiger partial charge in [-0.3, -0.25) is 9.69 Å². The van der Waals surface area contributed by atoms with Crippen LogP contribution in [-0.4, -0.2) is 53.6 Å². The Morgan fingerprint density at radius 2 is 1.68 bits per heavy atom. The van der Waals surface area contributed by atoms with Gasteiger partial charge in [0, 0.05) is 42.2 Å². The Hall–Kier alpha value is -2.33. The monoisotopic (exact) mass is 564 g/mol. The molecule has 0 radical (unpaired) electrons. The number of carbonyl (C=O) groups is 1. The topological polar surface area (TPSA) is 90.6 Å². The minimum atomic E-state index is -1.14. The number of halogens is 1. The summed E-state index contributed by atoms with van der Waals surface area (Å²) >= 11 is 0. The van der Waals surface area contributed by atoms with Gasteiger partial charge in [0.25, 0.3) is 0 Å². The second-order valence-corrected chi connectivity index (χ2v) is 15.9. The van der Waals surface area contributed by atoms with Crippen LogP contribution in [0.4, 0.5) is 10.2 Å². The maximum atomic E-state index is 14.6.